The van der Waals surface area contributed by atoms with Gasteiger partial charge in [0.2, 0.25) is 17.7 Å². The molecule has 0 aromatic heterocycles. The van der Waals surface area contributed by atoms with Gasteiger partial charge in [-0.3, -0.25) is 19.2 Å². The third-order valence-electron chi connectivity index (χ3n) is 12.7. The molecule has 0 radical (unpaired) electrons. The first kappa shape index (κ1) is 84.7. The molecule has 0 saturated carbocycles. The largest absolute Gasteiger partial charge is 0.466 e. The van der Waals surface area contributed by atoms with Crippen LogP contribution >= 0.6 is 0 Å². The van der Waals surface area contributed by atoms with Gasteiger partial charge in [0.25, 0.3) is 0 Å². The van der Waals surface area contributed by atoms with Crippen molar-refractivity contribution in [2.75, 3.05) is 41.1 Å². The number of rotatable bonds is 18. The molecule has 0 N–H and O–H groups in total. The van der Waals surface area contributed by atoms with Crippen LogP contribution in [0.15, 0.2) is 109 Å². The van der Waals surface area contributed by atoms with Gasteiger partial charge in [-0.15, -0.1) is 0 Å². The average Bonchev–Trinajstić information content (AvgIpc) is 3.32. The lowest BCUT2D eigenvalue weighted by Crippen LogP contribution is -2.44. The van der Waals surface area contributed by atoms with Crippen molar-refractivity contribution in [3.05, 3.63) is 109 Å². The Morgan fingerprint density at radius 1 is 0.429 bits per heavy atom. The Hall–Kier alpha value is -3.54. The quantitative estimate of drug-likeness (QED) is 0.0727. The van der Waals surface area contributed by atoms with Gasteiger partial charge in [0.1, 0.15) is 0 Å². The zero-order chi connectivity index (χ0) is 66.3. The standard InChI is InChI=1S/2C14H23NOSi.C12H22Si2.C10H13NO.C7H20Si2.C6H18OSi2.C4H8O2/c1-6-10-17(4,5)14-9-7-8-13(11-14)15(3)12(2)16;1-5-11-17(3,4)12-15(13(2)16)14-9-7-6-8-10-14;1-13(2,3)11-7-9-12(10-8-11)14(4,5)6;1-3-11(9(2)12)10-7-5-4-6-8-10;2*1-8(2,3)7-9(4,5)6;1-3-6-4(2)5/h7-9,11H,6,10H2,1-5H3;6-10H,5,11-12H2,1-4H3;7-10H,1-6H3;4-8H,3H2,1-2H3;7H2,1-6H3;1-6H3;3H2,1-2H3. The van der Waals surface area contributed by atoms with E-state index in [1.165, 1.54) is 37.0 Å². The van der Waals surface area contributed by atoms with Crippen LogP contribution in [0.25, 0.3) is 0 Å². The maximum absolute atomic E-state index is 11.8. The van der Waals surface area contributed by atoms with Gasteiger partial charge in [-0.25, -0.2) is 0 Å². The number of carbonyl (C=O) groups excluding carboxylic acids is 4. The summed E-state index contributed by atoms with van der Waals surface area (Å²) >= 11 is 0. The van der Waals surface area contributed by atoms with Crippen LogP contribution in [0.2, 0.25) is 162 Å². The highest BCUT2D eigenvalue weighted by atomic mass is 28.4. The number of nitrogens with zero attached hydrogens (tertiary/aromatic N) is 3. The predicted octanol–water partition coefficient (Wildman–Crippen LogP) is 18.0. The van der Waals surface area contributed by atoms with Crippen LogP contribution in [-0.2, 0) is 28.0 Å². The first-order chi connectivity index (χ1) is 38.0. The molecule has 0 aliphatic carbocycles. The number of benzene rings is 4. The molecule has 3 amide bonds. The highest BCUT2D eigenvalue weighted by Gasteiger charge is 2.27. The van der Waals surface area contributed by atoms with Gasteiger partial charge in [-0.05, 0) is 89.5 Å². The van der Waals surface area contributed by atoms with Crippen molar-refractivity contribution < 1.29 is 28.0 Å². The van der Waals surface area contributed by atoms with E-state index in [0.717, 1.165) is 29.8 Å². The van der Waals surface area contributed by atoms with Crippen molar-refractivity contribution in [2.45, 2.75) is 230 Å². The third-order valence-corrected chi connectivity index (χ3v) is 36.9. The molecule has 0 unspecified atom stereocenters. The van der Waals surface area contributed by atoms with E-state index in [9.17, 15) is 19.2 Å². The van der Waals surface area contributed by atoms with E-state index in [1.54, 1.807) is 53.5 Å². The molecular weight excluding hydrogens is 1170 g/mol. The molecule has 0 heterocycles. The van der Waals surface area contributed by atoms with Crippen molar-refractivity contribution in [2.24, 2.45) is 0 Å². The molecule has 0 fully saturated rings. The molecular formula is C67H127N3O6Si8. The molecule has 0 atom stereocenters. The fourth-order valence-electron chi connectivity index (χ4n) is 9.64. The number of hydrogen-bond acceptors (Lipinski definition) is 6. The molecule has 0 saturated heterocycles. The zero-order valence-corrected chi connectivity index (χ0v) is 67.8. The van der Waals surface area contributed by atoms with E-state index in [1.807, 2.05) is 85.6 Å². The molecule has 17 heteroatoms. The SMILES string of the molecule is CCC[Si](C)(C)CN(C(C)=O)c1ccccc1.CCC[Si](C)(C)c1cccc(N(C)C(C)=O)c1.CCN(C(C)=O)c1ccccc1.CCOC(C)=O.C[Si](C)(C)C[Si](C)(C)C.C[Si](C)(C)O[Si](C)(C)C.C[Si](C)(C)c1ccc([Si](C)(C)C)cc1. The van der Waals surface area contributed by atoms with Gasteiger partial charge >= 0.3 is 5.97 Å². The Labute approximate surface area is 526 Å². The number of anilines is 3. The van der Waals surface area contributed by atoms with Crippen molar-refractivity contribution in [1.82, 2.24) is 0 Å². The Morgan fingerprint density at radius 2 is 0.798 bits per heavy atom. The molecule has 0 aliphatic heterocycles. The molecule has 0 bridgehead atoms. The molecule has 9 nitrogen and oxygen atoms in total. The monoisotopic (exact) mass is 1290 g/mol. The Bertz CT molecular complexity index is 2370. The van der Waals surface area contributed by atoms with Gasteiger partial charge in [-0.1, -0.05) is 238 Å². The van der Waals surface area contributed by atoms with Crippen molar-refractivity contribution in [3.8, 4) is 0 Å². The highest BCUT2D eigenvalue weighted by molar-refractivity contribution is 6.94. The number of hydrogen-bond donors (Lipinski definition) is 0. The van der Waals surface area contributed by atoms with E-state index in [2.05, 4.69) is 205 Å². The molecule has 478 valence electrons. The van der Waals surface area contributed by atoms with Crippen LogP contribution in [0.5, 0.6) is 0 Å². The predicted molar refractivity (Wildman–Crippen MR) is 399 cm³/mol. The summed E-state index contributed by atoms with van der Waals surface area (Å²) in [6.45, 7) is 67.8. The molecule has 0 aliphatic rings. The minimum absolute atomic E-state index is 0.0807. The molecule has 0 spiro atoms. The van der Waals surface area contributed by atoms with Crippen LogP contribution in [0.3, 0.4) is 0 Å². The van der Waals surface area contributed by atoms with Crippen molar-refractivity contribution in [1.29, 1.82) is 0 Å². The summed E-state index contributed by atoms with van der Waals surface area (Å²) in [6, 6.07) is 40.1. The fraction of sp³-hybridized carbons (Fsp3) is 0.582. The average molecular weight is 1300 g/mol. The molecule has 4 aromatic rings. The van der Waals surface area contributed by atoms with Gasteiger partial charge in [0, 0.05) is 80.7 Å². The third kappa shape index (κ3) is 43.1. The van der Waals surface area contributed by atoms with Crippen molar-refractivity contribution in [3.63, 3.8) is 0 Å². The van der Waals surface area contributed by atoms with E-state index < -0.39 is 65.1 Å². The number of carbonyl (C=O) groups is 4. The second-order valence-corrected chi connectivity index (χ2v) is 70.9. The summed E-state index contributed by atoms with van der Waals surface area (Å²) in [7, 11) is -6.93. The van der Waals surface area contributed by atoms with Gasteiger partial charge in [0.15, 0.2) is 16.6 Å². The first-order valence-electron chi connectivity index (χ1n) is 30.9. The van der Waals surface area contributed by atoms with Crippen molar-refractivity contribution >= 4 is 121 Å². The van der Waals surface area contributed by atoms with E-state index in [0.29, 0.717) is 6.61 Å². The maximum Gasteiger partial charge on any atom is 0.302 e. The second kappa shape index (κ2) is 39.4. The number of esters is 1. The summed E-state index contributed by atoms with van der Waals surface area (Å²) in [5.74, 6) is 0.103. The fourth-order valence-corrected chi connectivity index (χ4v) is 37.4. The van der Waals surface area contributed by atoms with Crippen LogP contribution in [0.4, 0.5) is 17.1 Å². The topological polar surface area (TPSA) is 96.5 Å². The summed E-state index contributed by atoms with van der Waals surface area (Å²) in [4.78, 5) is 49.4. The minimum Gasteiger partial charge on any atom is -0.466 e. The maximum atomic E-state index is 11.8. The van der Waals surface area contributed by atoms with E-state index >= 15 is 0 Å². The van der Waals surface area contributed by atoms with Crippen LogP contribution in [0.1, 0.15) is 68.2 Å². The molecule has 84 heavy (non-hydrogen) atoms. The van der Waals surface area contributed by atoms with E-state index in [-0.39, 0.29) is 23.7 Å². The number of amides is 3. The van der Waals surface area contributed by atoms with Gasteiger partial charge in [-0.2, -0.15) is 0 Å². The summed E-state index contributed by atoms with van der Waals surface area (Å²) in [5.41, 5.74) is 4.57. The first-order valence-corrected chi connectivity index (χ1v) is 58.8. The normalized spacial score (nSPS) is 11.7. The van der Waals surface area contributed by atoms with Crippen LogP contribution < -0.4 is 30.3 Å². The van der Waals surface area contributed by atoms with Gasteiger partial charge in [0.05, 0.1) is 38.9 Å². The summed E-state index contributed by atoms with van der Waals surface area (Å²) in [5, 5.41) is 4.57. The Morgan fingerprint density at radius 3 is 1.05 bits per heavy atom. The Kier molecular flexibility index (Phi) is 39.7. The minimum atomic E-state index is -1.33. The summed E-state index contributed by atoms with van der Waals surface area (Å²) in [6.07, 6.45) is 3.35. The number of para-hydroxylation sites is 2. The van der Waals surface area contributed by atoms with Crippen LogP contribution in [-0.4, -0.2) is 115 Å². The lowest BCUT2D eigenvalue weighted by Gasteiger charge is -2.30. The molecule has 4 aromatic carbocycles. The summed E-state index contributed by atoms with van der Waals surface area (Å²) < 4.78 is 10.3. The van der Waals surface area contributed by atoms with E-state index in [4.69, 9.17) is 4.12 Å². The zero-order valence-electron chi connectivity index (χ0n) is 59.8. The smallest absolute Gasteiger partial charge is 0.302 e. The highest BCUT2D eigenvalue weighted by Crippen LogP contribution is 2.22. The molecule has 4 rings (SSSR count). The Balaban J connectivity index is -0.000000933. The van der Waals surface area contributed by atoms with Gasteiger partial charge < -0.3 is 23.6 Å². The van der Waals surface area contributed by atoms with Crippen LogP contribution in [0, 0.1) is 0 Å². The second-order valence-electron chi connectivity index (χ2n) is 29.8. The lowest BCUT2D eigenvalue weighted by molar-refractivity contribution is -0.140. The number of ether oxygens (including phenoxy) is 1. The lowest BCUT2D eigenvalue weighted by atomic mass is 10.3.